The molecule has 0 bridgehead atoms. The Bertz CT molecular complexity index is 284. The zero-order valence-corrected chi connectivity index (χ0v) is 17.8. The lowest BCUT2D eigenvalue weighted by atomic mass is 10.6. The van der Waals surface area contributed by atoms with E-state index in [0.717, 1.165) is 5.33 Å². The molecule has 0 saturated heterocycles. The summed E-state index contributed by atoms with van der Waals surface area (Å²) in [6.07, 6.45) is 1.40. The van der Waals surface area contributed by atoms with Gasteiger partial charge in [-0.2, -0.15) is 0 Å². The number of hydrogen-bond donors (Lipinski definition) is 0. The predicted molar refractivity (Wildman–Crippen MR) is 106 cm³/mol. The normalized spacial score (nSPS) is 11.0. The molecule has 0 spiro atoms. The summed E-state index contributed by atoms with van der Waals surface area (Å²) in [4.78, 5) is 0. The van der Waals surface area contributed by atoms with Gasteiger partial charge in [-0.1, -0.05) is 22.5 Å². The molecule has 0 fully saturated rings. The van der Waals surface area contributed by atoms with Gasteiger partial charge in [-0.25, -0.2) is 0 Å². The molecule has 0 aromatic heterocycles. The molecule has 27 heavy (non-hydrogen) atoms. The number of halogens is 1. The van der Waals surface area contributed by atoms with Crippen LogP contribution in [0.2, 0.25) is 0 Å². The van der Waals surface area contributed by atoms with Crippen LogP contribution in [-0.2, 0) is 37.9 Å². The van der Waals surface area contributed by atoms with Crippen LogP contribution in [0.3, 0.4) is 0 Å². The van der Waals surface area contributed by atoms with E-state index in [1.165, 1.54) is 6.26 Å². The topological polar surface area (TPSA) is 73.8 Å². The van der Waals surface area contributed by atoms with Crippen LogP contribution in [0.1, 0.15) is 0 Å². The minimum Gasteiger partial charge on any atom is -0.499 e. The molecule has 0 rings (SSSR count). The standard InChI is InChI=1S/C18H35BrO8/c1-2-20-5-6-22-9-10-24-13-14-26-17-18-27-16-15-25-12-11-23-8-7-21-4-3-19/h2H,1,3-18H2. The quantitative estimate of drug-likeness (QED) is 0.123. The lowest BCUT2D eigenvalue weighted by molar-refractivity contribution is -0.0212. The summed E-state index contributed by atoms with van der Waals surface area (Å²) in [7, 11) is 0. The first-order valence-electron chi connectivity index (χ1n) is 9.24. The molecular weight excluding hydrogens is 424 g/mol. The molecule has 0 N–H and O–H groups in total. The fourth-order valence-corrected chi connectivity index (χ4v) is 1.90. The Morgan fingerprint density at radius 2 is 0.704 bits per heavy atom. The summed E-state index contributed by atoms with van der Waals surface area (Å²) < 4.78 is 42.4. The van der Waals surface area contributed by atoms with Crippen LogP contribution in [-0.4, -0.2) is 104 Å². The highest BCUT2D eigenvalue weighted by Crippen LogP contribution is 1.86. The van der Waals surface area contributed by atoms with Crippen molar-refractivity contribution in [2.75, 3.05) is 104 Å². The maximum atomic E-state index is 5.40. The van der Waals surface area contributed by atoms with Gasteiger partial charge in [-0.05, 0) is 0 Å². The zero-order chi connectivity index (χ0) is 19.7. The van der Waals surface area contributed by atoms with Crippen molar-refractivity contribution in [1.29, 1.82) is 0 Å². The smallest absolute Gasteiger partial charge is 0.111 e. The van der Waals surface area contributed by atoms with E-state index in [4.69, 9.17) is 37.9 Å². The van der Waals surface area contributed by atoms with Crippen LogP contribution < -0.4 is 0 Å². The van der Waals surface area contributed by atoms with Gasteiger partial charge in [-0.15, -0.1) is 0 Å². The lowest BCUT2D eigenvalue weighted by Gasteiger charge is -2.08. The molecule has 0 aliphatic heterocycles. The molecule has 0 aliphatic carbocycles. The van der Waals surface area contributed by atoms with Crippen molar-refractivity contribution in [3.8, 4) is 0 Å². The second-order valence-corrected chi connectivity index (χ2v) is 5.81. The van der Waals surface area contributed by atoms with Gasteiger partial charge >= 0.3 is 0 Å². The second kappa shape index (κ2) is 25.7. The van der Waals surface area contributed by atoms with Gasteiger partial charge in [0.15, 0.2) is 0 Å². The van der Waals surface area contributed by atoms with Gasteiger partial charge in [0.2, 0.25) is 0 Å². The molecule has 0 aliphatic rings. The maximum absolute atomic E-state index is 5.40. The van der Waals surface area contributed by atoms with Gasteiger partial charge in [-0.3, -0.25) is 0 Å². The average molecular weight is 459 g/mol. The Labute approximate surface area is 171 Å². The average Bonchev–Trinajstić information content (AvgIpc) is 2.68. The van der Waals surface area contributed by atoms with Crippen LogP contribution >= 0.6 is 15.9 Å². The van der Waals surface area contributed by atoms with Crippen LogP contribution in [0.25, 0.3) is 0 Å². The predicted octanol–water partition coefficient (Wildman–Crippen LogP) is 1.66. The van der Waals surface area contributed by atoms with E-state index in [1.54, 1.807) is 0 Å². The van der Waals surface area contributed by atoms with Crippen molar-refractivity contribution < 1.29 is 37.9 Å². The Kier molecular flexibility index (Phi) is 25.5. The summed E-state index contributed by atoms with van der Waals surface area (Å²) in [5, 5.41) is 0.845. The molecule has 0 aromatic rings. The first kappa shape index (κ1) is 26.7. The second-order valence-electron chi connectivity index (χ2n) is 5.01. The SMILES string of the molecule is C=COCCOCCOCCOCCOCCOCCOCCOCCBr. The molecular formula is C18H35BrO8. The Balaban J connectivity index is 2.96. The summed E-state index contributed by atoms with van der Waals surface area (Å²) in [5.74, 6) is 0. The molecule has 0 heterocycles. The molecule has 0 unspecified atom stereocenters. The molecule has 0 saturated carbocycles. The van der Waals surface area contributed by atoms with Crippen molar-refractivity contribution >= 4 is 15.9 Å². The van der Waals surface area contributed by atoms with Crippen LogP contribution in [0.5, 0.6) is 0 Å². The van der Waals surface area contributed by atoms with E-state index in [2.05, 4.69) is 22.5 Å². The van der Waals surface area contributed by atoms with Crippen molar-refractivity contribution in [2.45, 2.75) is 0 Å². The van der Waals surface area contributed by atoms with Gasteiger partial charge in [0.05, 0.1) is 98.8 Å². The molecule has 0 aromatic carbocycles. The third-order valence-corrected chi connectivity index (χ3v) is 3.24. The summed E-state index contributed by atoms with van der Waals surface area (Å²) >= 11 is 3.29. The van der Waals surface area contributed by atoms with E-state index in [-0.39, 0.29) is 0 Å². The maximum Gasteiger partial charge on any atom is 0.111 e. The first-order valence-corrected chi connectivity index (χ1v) is 10.4. The van der Waals surface area contributed by atoms with Crippen LogP contribution in [0, 0.1) is 0 Å². The van der Waals surface area contributed by atoms with Crippen molar-refractivity contribution in [3.63, 3.8) is 0 Å². The Hall–Kier alpha value is -0.260. The van der Waals surface area contributed by atoms with E-state index in [9.17, 15) is 0 Å². The van der Waals surface area contributed by atoms with E-state index in [1.807, 2.05) is 0 Å². The highest BCUT2D eigenvalue weighted by molar-refractivity contribution is 9.09. The van der Waals surface area contributed by atoms with Gasteiger partial charge < -0.3 is 37.9 Å². The summed E-state index contributed by atoms with van der Waals surface area (Å²) in [6, 6.07) is 0. The number of ether oxygens (including phenoxy) is 8. The van der Waals surface area contributed by atoms with Crippen molar-refractivity contribution in [3.05, 3.63) is 12.8 Å². The zero-order valence-electron chi connectivity index (χ0n) is 16.2. The number of alkyl halides is 1. The summed E-state index contributed by atoms with van der Waals surface area (Å²) in [6.45, 7) is 11.8. The van der Waals surface area contributed by atoms with E-state index in [0.29, 0.717) is 99.1 Å². The van der Waals surface area contributed by atoms with Gasteiger partial charge in [0.25, 0.3) is 0 Å². The monoisotopic (exact) mass is 458 g/mol. The van der Waals surface area contributed by atoms with Crippen molar-refractivity contribution in [1.82, 2.24) is 0 Å². The van der Waals surface area contributed by atoms with Gasteiger partial charge in [0, 0.05) is 5.33 Å². The van der Waals surface area contributed by atoms with Crippen LogP contribution in [0.4, 0.5) is 0 Å². The Morgan fingerprint density at radius 1 is 0.444 bits per heavy atom. The highest BCUT2D eigenvalue weighted by atomic mass is 79.9. The molecule has 0 atom stereocenters. The number of rotatable bonds is 24. The largest absolute Gasteiger partial charge is 0.499 e. The third kappa shape index (κ3) is 25.7. The minimum atomic E-state index is 0.513. The van der Waals surface area contributed by atoms with E-state index < -0.39 is 0 Å². The highest BCUT2D eigenvalue weighted by Gasteiger charge is 1.94. The summed E-state index contributed by atoms with van der Waals surface area (Å²) in [5.41, 5.74) is 0. The van der Waals surface area contributed by atoms with Crippen molar-refractivity contribution in [2.24, 2.45) is 0 Å². The molecule has 0 amide bonds. The third-order valence-electron chi connectivity index (χ3n) is 2.92. The molecule has 8 nitrogen and oxygen atoms in total. The fraction of sp³-hybridized carbons (Fsp3) is 0.889. The van der Waals surface area contributed by atoms with Gasteiger partial charge in [0.1, 0.15) is 6.61 Å². The first-order chi connectivity index (χ1) is 13.4. The van der Waals surface area contributed by atoms with E-state index >= 15 is 0 Å². The molecule has 162 valence electrons. The fourth-order valence-electron chi connectivity index (χ4n) is 1.67. The minimum absolute atomic E-state index is 0.513. The molecule has 0 radical (unpaired) electrons. The Morgan fingerprint density at radius 3 is 0.963 bits per heavy atom. The lowest BCUT2D eigenvalue weighted by Crippen LogP contribution is -2.14. The van der Waals surface area contributed by atoms with Crippen LogP contribution in [0.15, 0.2) is 12.8 Å². The number of hydrogen-bond acceptors (Lipinski definition) is 8. The molecule has 9 heteroatoms.